The number of hydrogen-bond acceptors (Lipinski definition) is 6. The van der Waals surface area contributed by atoms with Crippen molar-refractivity contribution in [2.45, 2.75) is 32.2 Å². The van der Waals surface area contributed by atoms with Gasteiger partial charge in [0.1, 0.15) is 12.4 Å². The van der Waals surface area contributed by atoms with Crippen molar-refractivity contribution < 1.29 is 14.3 Å². The molecule has 3 aromatic carbocycles. The van der Waals surface area contributed by atoms with Crippen LogP contribution in [0.15, 0.2) is 78.9 Å². The minimum atomic E-state index is 0.131. The molecule has 224 valence electrons. The molecular weight excluding hydrogens is 524 g/mol. The van der Waals surface area contributed by atoms with Crippen LogP contribution in [0.5, 0.6) is 5.75 Å². The van der Waals surface area contributed by atoms with E-state index in [2.05, 4.69) is 74.6 Å². The molecule has 0 bridgehead atoms. The number of unbranched alkanes of at least 4 members (excludes halogenated alkanes) is 2. The molecule has 0 aromatic heterocycles. The topological polar surface area (TPSA) is 57.3 Å². The maximum atomic E-state index is 12.4. The normalized spacial score (nSPS) is 16.3. The van der Waals surface area contributed by atoms with E-state index < -0.39 is 0 Å². The van der Waals surface area contributed by atoms with Crippen LogP contribution in [0.3, 0.4) is 0 Å². The molecule has 0 spiro atoms. The molecule has 1 N–H and O–H groups in total. The summed E-state index contributed by atoms with van der Waals surface area (Å²) < 4.78 is 11.3. The van der Waals surface area contributed by atoms with E-state index in [-0.39, 0.29) is 5.91 Å². The van der Waals surface area contributed by atoms with E-state index in [1.165, 1.54) is 16.8 Å². The summed E-state index contributed by atoms with van der Waals surface area (Å²) in [6.45, 7) is 11.1. The molecule has 7 heteroatoms. The number of morpholine rings is 1. The molecule has 0 saturated carbocycles. The van der Waals surface area contributed by atoms with Gasteiger partial charge < -0.3 is 19.7 Å². The van der Waals surface area contributed by atoms with Gasteiger partial charge in [-0.1, -0.05) is 67.1 Å². The Morgan fingerprint density at radius 3 is 2.24 bits per heavy atom. The minimum Gasteiger partial charge on any atom is -0.492 e. The van der Waals surface area contributed by atoms with Crippen molar-refractivity contribution in [2.24, 2.45) is 0 Å². The van der Waals surface area contributed by atoms with Crippen LogP contribution in [0.4, 0.5) is 5.69 Å². The van der Waals surface area contributed by atoms with Crippen molar-refractivity contribution >= 4 is 11.6 Å². The minimum absolute atomic E-state index is 0.131. The molecule has 7 nitrogen and oxygen atoms in total. The zero-order valence-corrected chi connectivity index (χ0v) is 24.9. The van der Waals surface area contributed by atoms with Gasteiger partial charge in [-0.15, -0.1) is 0 Å². The van der Waals surface area contributed by atoms with Gasteiger partial charge in [-0.25, -0.2) is 0 Å². The molecule has 2 heterocycles. The van der Waals surface area contributed by atoms with Crippen LogP contribution < -0.4 is 15.0 Å². The summed E-state index contributed by atoms with van der Waals surface area (Å²) in [5, 5.41) is 3.07. The van der Waals surface area contributed by atoms with Crippen molar-refractivity contribution in [3.05, 3.63) is 84.4 Å². The highest BCUT2D eigenvalue weighted by atomic mass is 16.5. The summed E-state index contributed by atoms with van der Waals surface area (Å²) in [5.41, 5.74) is 5.01. The number of piperazine rings is 1. The lowest BCUT2D eigenvalue weighted by Gasteiger charge is -2.37. The highest BCUT2D eigenvalue weighted by Gasteiger charge is 2.19. The van der Waals surface area contributed by atoms with E-state index in [1.807, 2.05) is 24.3 Å². The predicted molar refractivity (Wildman–Crippen MR) is 170 cm³/mol. The number of benzene rings is 3. The number of amides is 1. The number of rotatable bonds is 14. The Morgan fingerprint density at radius 2 is 1.45 bits per heavy atom. The maximum absolute atomic E-state index is 12.4. The van der Waals surface area contributed by atoms with E-state index >= 15 is 0 Å². The van der Waals surface area contributed by atoms with Gasteiger partial charge in [0, 0.05) is 70.0 Å². The number of carbonyl (C=O) groups excluding carboxylic acids is 1. The third kappa shape index (κ3) is 9.31. The third-order valence-electron chi connectivity index (χ3n) is 8.27. The summed E-state index contributed by atoms with van der Waals surface area (Å²) in [4.78, 5) is 19.8. The molecule has 2 fully saturated rings. The highest BCUT2D eigenvalue weighted by Crippen LogP contribution is 2.31. The Balaban J connectivity index is 0.918. The van der Waals surface area contributed by atoms with Gasteiger partial charge in [-0.3, -0.25) is 14.6 Å². The van der Waals surface area contributed by atoms with E-state index in [0.29, 0.717) is 19.6 Å². The molecule has 42 heavy (non-hydrogen) atoms. The molecule has 2 aliphatic heterocycles. The Morgan fingerprint density at radius 1 is 0.738 bits per heavy atom. The summed E-state index contributed by atoms with van der Waals surface area (Å²) in [6, 6.07) is 27.5. The standard InChI is InChI=1S/C35H46N4O3/c40-35(36-29-30-14-16-32(17-15-30)42-28-25-38-23-26-41-27-24-38)13-5-2-8-18-37-19-21-39(22-20-37)34-12-7-6-11-33(34)31-9-3-1-4-10-31/h1,3-4,6-7,9-12,14-17H,2,5,8,13,18-29H2,(H,36,40). The SMILES string of the molecule is O=C(CCCCCN1CCN(c2ccccc2-c2ccccc2)CC1)NCc1ccc(OCCN2CCOCC2)cc1. The second kappa shape index (κ2) is 16.3. The molecule has 0 aliphatic carbocycles. The Kier molecular flexibility index (Phi) is 11.7. The van der Waals surface area contributed by atoms with Gasteiger partial charge in [-0.05, 0) is 48.7 Å². The molecular formula is C35H46N4O3. The molecule has 2 saturated heterocycles. The van der Waals surface area contributed by atoms with Crippen molar-refractivity contribution in [3.63, 3.8) is 0 Å². The maximum Gasteiger partial charge on any atom is 0.220 e. The number of para-hydroxylation sites is 1. The van der Waals surface area contributed by atoms with Gasteiger partial charge >= 0.3 is 0 Å². The Labute approximate surface area is 251 Å². The molecule has 0 unspecified atom stereocenters. The zero-order valence-electron chi connectivity index (χ0n) is 24.9. The van der Waals surface area contributed by atoms with E-state index in [0.717, 1.165) is 96.1 Å². The van der Waals surface area contributed by atoms with Crippen molar-refractivity contribution in [2.75, 3.05) is 77.1 Å². The number of ether oxygens (including phenoxy) is 2. The summed E-state index contributed by atoms with van der Waals surface area (Å²) in [6.07, 6.45) is 3.75. The van der Waals surface area contributed by atoms with E-state index in [1.54, 1.807) is 0 Å². The smallest absolute Gasteiger partial charge is 0.220 e. The van der Waals surface area contributed by atoms with E-state index in [4.69, 9.17) is 9.47 Å². The van der Waals surface area contributed by atoms with Crippen LogP contribution >= 0.6 is 0 Å². The zero-order chi connectivity index (χ0) is 28.8. The predicted octanol–water partition coefficient (Wildman–Crippen LogP) is 5.06. The van der Waals surface area contributed by atoms with Gasteiger partial charge in [0.15, 0.2) is 0 Å². The molecule has 0 radical (unpaired) electrons. The summed E-state index contributed by atoms with van der Waals surface area (Å²) in [5.74, 6) is 1.00. The summed E-state index contributed by atoms with van der Waals surface area (Å²) in [7, 11) is 0. The average Bonchev–Trinajstić information content (AvgIpc) is 3.05. The lowest BCUT2D eigenvalue weighted by Crippen LogP contribution is -2.46. The molecule has 0 atom stereocenters. The van der Waals surface area contributed by atoms with Crippen LogP contribution in [0.2, 0.25) is 0 Å². The number of hydrogen-bond donors (Lipinski definition) is 1. The first kappa shape index (κ1) is 30.1. The quantitative estimate of drug-likeness (QED) is 0.274. The van der Waals surface area contributed by atoms with Crippen LogP contribution in [-0.2, 0) is 16.1 Å². The summed E-state index contributed by atoms with van der Waals surface area (Å²) >= 11 is 0. The van der Waals surface area contributed by atoms with Gasteiger partial charge in [0.2, 0.25) is 5.91 Å². The van der Waals surface area contributed by atoms with Crippen molar-refractivity contribution in [3.8, 4) is 16.9 Å². The second-order valence-electron chi connectivity index (χ2n) is 11.2. The van der Waals surface area contributed by atoms with Gasteiger partial charge in [0.05, 0.1) is 13.2 Å². The first-order valence-electron chi connectivity index (χ1n) is 15.6. The molecule has 1 amide bonds. The fourth-order valence-corrected chi connectivity index (χ4v) is 5.73. The van der Waals surface area contributed by atoms with Crippen LogP contribution in [0.25, 0.3) is 11.1 Å². The molecule has 5 rings (SSSR count). The van der Waals surface area contributed by atoms with Gasteiger partial charge in [0.25, 0.3) is 0 Å². The number of carbonyl (C=O) groups is 1. The lowest BCUT2D eigenvalue weighted by molar-refractivity contribution is -0.121. The highest BCUT2D eigenvalue weighted by molar-refractivity contribution is 5.78. The van der Waals surface area contributed by atoms with Crippen molar-refractivity contribution in [1.82, 2.24) is 15.1 Å². The first-order valence-corrected chi connectivity index (χ1v) is 15.6. The number of nitrogens with zero attached hydrogens (tertiary/aromatic N) is 3. The lowest BCUT2D eigenvalue weighted by atomic mass is 10.0. The first-order chi connectivity index (χ1) is 20.7. The van der Waals surface area contributed by atoms with Gasteiger partial charge in [-0.2, -0.15) is 0 Å². The van der Waals surface area contributed by atoms with Crippen LogP contribution in [0, 0.1) is 0 Å². The van der Waals surface area contributed by atoms with E-state index in [9.17, 15) is 4.79 Å². The van der Waals surface area contributed by atoms with Crippen LogP contribution in [0.1, 0.15) is 31.2 Å². The fourth-order valence-electron chi connectivity index (χ4n) is 5.73. The Hall–Kier alpha value is -3.39. The third-order valence-corrected chi connectivity index (χ3v) is 8.27. The Bertz CT molecular complexity index is 1210. The molecule has 3 aromatic rings. The largest absolute Gasteiger partial charge is 0.492 e. The second-order valence-corrected chi connectivity index (χ2v) is 11.2. The number of anilines is 1. The molecule has 2 aliphatic rings. The number of nitrogens with one attached hydrogen (secondary N) is 1. The average molecular weight is 571 g/mol. The monoisotopic (exact) mass is 570 g/mol. The van der Waals surface area contributed by atoms with Crippen molar-refractivity contribution in [1.29, 1.82) is 0 Å². The van der Waals surface area contributed by atoms with Crippen LogP contribution in [-0.4, -0.2) is 87.9 Å². The fraction of sp³-hybridized carbons (Fsp3) is 0.457.